The Kier molecular flexibility index (Phi) is 8.63. The van der Waals surface area contributed by atoms with Gasteiger partial charge in [-0.2, -0.15) is 0 Å². The Bertz CT molecular complexity index is 394. The van der Waals surface area contributed by atoms with E-state index in [1.165, 1.54) is 38.5 Å². The zero-order chi connectivity index (χ0) is 14.6. The number of nitrogens with zero attached hydrogens (tertiary/aromatic N) is 1. The zero-order valence-electron chi connectivity index (χ0n) is 12.4. The van der Waals surface area contributed by atoms with Crippen molar-refractivity contribution in [3.63, 3.8) is 0 Å². The molecule has 20 heavy (non-hydrogen) atoms. The summed E-state index contributed by atoms with van der Waals surface area (Å²) in [5.41, 5.74) is 0.972. The van der Waals surface area contributed by atoms with Crippen LogP contribution in [0.5, 0.6) is 0 Å². The van der Waals surface area contributed by atoms with Crippen molar-refractivity contribution in [2.75, 3.05) is 6.54 Å². The highest BCUT2D eigenvalue weighted by Crippen LogP contribution is 2.17. The van der Waals surface area contributed by atoms with Crippen LogP contribution in [0.2, 0.25) is 0 Å². The molecule has 1 aromatic carbocycles. The van der Waals surface area contributed by atoms with Gasteiger partial charge in [-0.3, -0.25) is 10.1 Å². The molecular weight excluding hydrogens is 252 g/mol. The van der Waals surface area contributed by atoms with E-state index in [0.717, 1.165) is 18.5 Å². The van der Waals surface area contributed by atoms with E-state index in [2.05, 4.69) is 12.2 Å². The summed E-state index contributed by atoms with van der Waals surface area (Å²) < 4.78 is 0. The van der Waals surface area contributed by atoms with Gasteiger partial charge in [-0.25, -0.2) is 0 Å². The number of nitro benzene ring substituents is 1. The summed E-state index contributed by atoms with van der Waals surface area (Å²) in [6, 6.07) is 6.93. The van der Waals surface area contributed by atoms with Crippen LogP contribution in [0.3, 0.4) is 0 Å². The van der Waals surface area contributed by atoms with Gasteiger partial charge in [-0.1, -0.05) is 63.6 Å². The van der Waals surface area contributed by atoms with E-state index >= 15 is 0 Å². The van der Waals surface area contributed by atoms with E-state index in [9.17, 15) is 10.1 Å². The second-order valence-electron chi connectivity index (χ2n) is 5.18. The van der Waals surface area contributed by atoms with Crippen molar-refractivity contribution >= 4 is 5.69 Å². The summed E-state index contributed by atoms with van der Waals surface area (Å²) in [5.74, 6) is 0. The van der Waals surface area contributed by atoms with Crippen molar-refractivity contribution in [2.24, 2.45) is 0 Å². The van der Waals surface area contributed by atoms with Crippen LogP contribution < -0.4 is 5.32 Å². The average Bonchev–Trinajstić information content (AvgIpc) is 2.46. The molecule has 4 nitrogen and oxygen atoms in total. The number of unbranched alkanes of at least 4 members (excludes halogenated alkanes) is 6. The predicted molar refractivity (Wildman–Crippen MR) is 82.8 cm³/mol. The van der Waals surface area contributed by atoms with Crippen LogP contribution >= 0.6 is 0 Å². The van der Waals surface area contributed by atoms with Gasteiger partial charge in [-0.05, 0) is 13.0 Å². The molecular formula is C16H26N2O2. The minimum Gasteiger partial charge on any atom is -0.312 e. The highest BCUT2D eigenvalue weighted by atomic mass is 16.6. The van der Waals surface area contributed by atoms with E-state index in [1.807, 2.05) is 12.1 Å². The highest BCUT2D eigenvalue weighted by Gasteiger charge is 2.10. The molecule has 1 aromatic rings. The van der Waals surface area contributed by atoms with Gasteiger partial charge in [0.2, 0.25) is 0 Å². The van der Waals surface area contributed by atoms with Gasteiger partial charge in [0, 0.05) is 18.2 Å². The zero-order valence-corrected chi connectivity index (χ0v) is 12.4. The molecule has 0 fully saturated rings. The van der Waals surface area contributed by atoms with E-state index in [1.54, 1.807) is 12.1 Å². The van der Waals surface area contributed by atoms with Crippen LogP contribution in [-0.4, -0.2) is 11.5 Å². The van der Waals surface area contributed by atoms with Crippen LogP contribution in [0, 0.1) is 10.1 Å². The Labute approximate surface area is 121 Å². The lowest BCUT2D eigenvalue weighted by Gasteiger charge is -2.05. The third-order valence-corrected chi connectivity index (χ3v) is 3.46. The first-order valence-electron chi connectivity index (χ1n) is 7.68. The van der Waals surface area contributed by atoms with E-state index in [4.69, 9.17) is 0 Å². The monoisotopic (exact) mass is 278 g/mol. The fourth-order valence-electron chi connectivity index (χ4n) is 2.27. The summed E-state index contributed by atoms with van der Waals surface area (Å²) in [6.07, 6.45) is 9.00. The number of nitro groups is 1. The maximum Gasteiger partial charge on any atom is 0.273 e. The standard InChI is InChI=1S/C16H26N2O2/c1-2-3-4-5-6-7-10-13-17-14-15-11-8-9-12-16(15)18(19)20/h8-9,11-12,17H,2-7,10,13-14H2,1H3. The van der Waals surface area contributed by atoms with Gasteiger partial charge in [0.15, 0.2) is 0 Å². The van der Waals surface area contributed by atoms with Gasteiger partial charge in [-0.15, -0.1) is 0 Å². The first-order chi connectivity index (χ1) is 9.75. The summed E-state index contributed by atoms with van der Waals surface area (Å²) in [4.78, 5) is 10.5. The van der Waals surface area contributed by atoms with Crippen molar-refractivity contribution in [1.82, 2.24) is 5.32 Å². The molecule has 1 N–H and O–H groups in total. The first-order valence-corrected chi connectivity index (χ1v) is 7.68. The van der Waals surface area contributed by atoms with Gasteiger partial charge < -0.3 is 5.32 Å². The molecule has 0 aliphatic heterocycles. The third kappa shape index (κ3) is 6.66. The molecule has 1 rings (SSSR count). The van der Waals surface area contributed by atoms with Crippen LogP contribution in [0.4, 0.5) is 5.69 Å². The maximum absolute atomic E-state index is 10.9. The highest BCUT2D eigenvalue weighted by molar-refractivity contribution is 5.39. The maximum atomic E-state index is 10.9. The third-order valence-electron chi connectivity index (χ3n) is 3.46. The van der Waals surface area contributed by atoms with Gasteiger partial charge in [0.25, 0.3) is 5.69 Å². The average molecular weight is 278 g/mol. The van der Waals surface area contributed by atoms with E-state index < -0.39 is 0 Å². The Morgan fingerprint density at radius 3 is 2.40 bits per heavy atom. The molecule has 0 radical (unpaired) electrons. The first kappa shape index (κ1) is 16.6. The molecule has 0 spiro atoms. The quantitative estimate of drug-likeness (QED) is 0.370. The molecule has 0 aliphatic rings. The second kappa shape index (κ2) is 10.4. The molecule has 0 atom stereocenters. The number of hydrogen-bond acceptors (Lipinski definition) is 3. The minimum absolute atomic E-state index is 0.208. The van der Waals surface area contributed by atoms with Crippen LogP contribution in [0.15, 0.2) is 24.3 Å². The van der Waals surface area contributed by atoms with Crippen molar-refractivity contribution in [2.45, 2.75) is 58.4 Å². The number of rotatable bonds is 11. The smallest absolute Gasteiger partial charge is 0.273 e. The molecule has 0 heterocycles. The molecule has 0 unspecified atom stereocenters. The summed E-state index contributed by atoms with van der Waals surface area (Å²) in [5, 5.41) is 14.2. The number of hydrogen-bond donors (Lipinski definition) is 1. The lowest BCUT2D eigenvalue weighted by molar-refractivity contribution is -0.385. The van der Waals surface area contributed by atoms with Crippen molar-refractivity contribution in [3.05, 3.63) is 39.9 Å². The second-order valence-corrected chi connectivity index (χ2v) is 5.18. The van der Waals surface area contributed by atoms with Crippen molar-refractivity contribution < 1.29 is 4.92 Å². The molecule has 4 heteroatoms. The normalized spacial score (nSPS) is 10.7. The number of benzene rings is 1. The fourth-order valence-corrected chi connectivity index (χ4v) is 2.27. The summed E-state index contributed by atoms with van der Waals surface area (Å²) in [7, 11) is 0. The Morgan fingerprint density at radius 2 is 1.70 bits per heavy atom. The molecule has 0 bridgehead atoms. The van der Waals surface area contributed by atoms with Crippen LogP contribution in [-0.2, 0) is 6.54 Å². The molecule has 0 aliphatic carbocycles. The van der Waals surface area contributed by atoms with Crippen LogP contribution in [0.25, 0.3) is 0 Å². The Morgan fingerprint density at radius 1 is 1.05 bits per heavy atom. The minimum atomic E-state index is -0.315. The van der Waals surface area contributed by atoms with E-state index in [-0.39, 0.29) is 10.6 Å². The van der Waals surface area contributed by atoms with Crippen molar-refractivity contribution in [1.29, 1.82) is 0 Å². The molecule has 0 saturated heterocycles. The van der Waals surface area contributed by atoms with Gasteiger partial charge in [0.1, 0.15) is 0 Å². The van der Waals surface area contributed by atoms with Crippen LogP contribution in [0.1, 0.15) is 57.4 Å². The Balaban J connectivity index is 2.11. The number of nitrogens with one attached hydrogen (secondary N) is 1. The Hall–Kier alpha value is -1.42. The van der Waals surface area contributed by atoms with E-state index in [0.29, 0.717) is 6.54 Å². The SMILES string of the molecule is CCCCCCCCCNCc1ccccc1[N+](=O)[O-]. The van der Waals surface area contributed by atoms with Gasteiger partial charge >= 0.3 is 0 Å². The molecule has 0 saturated carbocycles. The molecule has 0 amide bonds. The summed E-state index contributed by atoms with van der Waals surface area (Å²) >= 11 is 0. The lowest BCUT2D eigenvalue weighted by atomic mass is 10.1. The summed E-state index contributed by atoms with van der Waals surface area (Å²) in [6.45, 7) is 3.74. The number of para-hydroxylation sites is 1. The van der Waals surface area contributed by atoms with Gasteiger partial charge in [0.05, 0.1) is 4.92 Å². The largest absolute Gasteiger partial charge is 0.312 e. The lowest BCUT2D eigenvalue weighted by Crippen LogP contribution is -2.15. The topological polar surface area (TPSA) is 55.2 Å². The predicted octanol–water partition coefficient (Wildman–Crippen LogP) is 4.44. The molecule has 112 valence electrons. The molecule has 0 aromatic heterocycles. The van der Waals surface area contributed by atoms with Crippen molar-refractivity contribution in [3.8, 4) is 0 Å². The fraction of sp³-hybridized carbons (Fsp3) is 0.625.